The summed E-state index contributed by atoms with van der Waals surface area (Å²) in [6, 6.07) is 15.2. The number of hydrogen-bond donors (Lipinski definition) is 1. The first-order valence-electron chi connectivity index (χ1n) is 9.38. The molecule has 1 N–H and O–H groups in total. The fraction of sp³-hybridized carbons (Fsp3) is 0.136. The summed E-state index contributed by atoms with van der Waals surface area (Å²) in [5.41, 5.74) is 1.41. The Morgan fingerprint density at radius 1 is 1.29 bits per heavy atom. The lowest BCUT2D eigenvalue weighted by molar-refractivity contribution is -0.113. The van der Waals surface area contributed by atoms with Crippen LogP contribution in [0.25, 0.3) is 22.6 Å². The van der Waals surface area contributed by atoms with E-state index in [4.69, 9.17) is 9.15 Å². The molecule has 0 saturated carbocycles. The Bertz CT molecular complexity index is 1230. The summed E-state index contributed by atoms with van der Waals surface area (Å²) in [5, 5.41) is 13.0. The molecule has 1 amide bonds. The molecule has 7 nitrogen and oxygen atoms in total. The zero-order chi connectivity index (χ0) is 21.8. The van der Waals surface area contributed by atoms with Gasteiger partial charge < -0.3 is 14.5 Å². The highest BCUT2D eigenvalue weighted by molar-refractivity contribution is 14.1. The van der Waals surface area contributed by atoms with Gasteiger partial charge in [0.2, 0.25) is 11.7 Å². The van der Waals surface area contributed by atoms with Crippen LogP contribution in [0, 0.1) is 3.57 Å². The van der Waals surface area contributed by atoms with Crippen LogP contribution in [0.3, 0.4) is 0 Å². The number of nitrogens with zero attached hydrogens (tertiary/aromatic N) is 3. The number of fused-ring (bicyclic) bond motifs is 1. The minimum atomic E-state index is -0.116. The number of benzene rings is 2. The molecule has 0 aliphatic carbocycles. The molecular weight excluding hydrogens is 527 g/mol. The summed E-state index contributed by atoms with van der Waals surface area (Å²) in [7, 11) is 1.60. The number of hydrogen-bond acceptors (Lipinski definition) is 6. The Labute approximate surface area is 197 Å². The predicted molar refractivity (Wildman–Crippen MR) is 130 cm³/mol. The quantitative estimate of drug-likeness (QED) is 0.185. The molecule has 0 fully saturated rings. The third kappa shape index (κ3) is 4.77. The molecule has 9 heteroatoms. The van der Waals surface area contributed by atoms with E-state index in [1.54, 1.807) is 13.2 Å². The molecular formula is C22H19IN4O3S. The summed E-state index contributed by atoms with van der Waals surface area (Å²) in [4.78, 5) is 12.4. The average molecular weight is 546 g/mol. The van der Waals surface area contributed by atoms with Gasteiger partial charge in [0.25, 0.3) is 0 Å². The molecule has 4 aromatic rings. The van der Waals surface area contributed by atoms with Crippen molar-refractivity contribution in [1.29, 1.82) is 0 Å². The van der Waals surface area contributed by atoms with Crippen LogP contribution < -0.4 is 10.1 Å². The largest absolute Gasteiger partial charge is 0.493 e. The van der Waals surface area contributed by atoms with Crippen LogP contribution in [0.4, 0.5) is 5.69 Å². The average Bonchev–Trinajstić information content (AvgIpc) is 3.38. The molecule has 0 spiro atoms. The summed E-state index contributed by atoms with van der Waals surface area (Å²) < 4.78 is 14.4. The van der Waals surface area contributed by atoms with Crippen molar-refractivity contribution in [3.63, 3.8) is 0 Å². The number of rotatable bonds is 8. The zero-order valence-electron chi connectivity index (χ0n) is 16.7. The van der Waals surface area contributed by atoms with Crippen molar-refractivity contribution < 1.29 is 13.9 Å². The normalized spacial score (nSPS) is 10.9. The van der Waals surface area contributed by atoms with Gasteiger partial charge in [-0.2, -0.15) is 0 Å². The minimum absolute atomic E-state index is 0.116. The molecule has 0 saturated heterocycles. The molecule has 0 aliphatic heterocycles. The maximum atomic E-state index is 12.4. The van der Waals surface area contributed by atoms with Crippen molar-refractivity contribution in [2.45, 2.75) is 11.7 Å². The number of furan rings is 1. The number of nitrogens with one attached hydrogen (secondary N) is 1. The van der Waals surface area contributed by atoms with Crippen LogP contribution in [0.15, 0.2) is 70.8 Å². The number of methoxy groups -OCH3 is 1. The van der Waals surface area contributed by atoms with E-state index in [0.29, 0.717) is 34.6 Å². The highest BCUT2D eigenvalue weighted by atomic mass is 127. The molecule has 2 aromatic heterocycles. The second-order valence-electron chi connectivity index (χ2n) is 6.54. The van der Waals surface area contributed by atoms with Crippen LogP contribution >= 0.6 is 34.4 Å². The number of carbonyl (C=O) groups is 1. The molecule has 4 rings (SSSR count). The molecule has 31 heavy (non-hydrogen) atoms. The van der Waals surface area contributed by atoms with Crippen LogP contribution in [-0.2, 0) is 11.3 Å². The van der Waals surface area contributed by atoms with Gasteiger partial charge in [-0.15, -0.1) is 16.8 Å². The monoisotopic (exact) mass is 546 g/mol. The number of carbonyl (C=O) groups excluding carboxylic acids is 1. The van der Waals surface area contributed by atoms with E-state index in [0.717, 1.165) is 14.6 Å². The Balaban J connectivity index is 1.54. The molecule has 2 aromatic carbocycles. The van der Waals surface area contributed by atoms with Crippen LogP contribution in [-0.4, -0.2) is 33.5 Å². The third-order valence-electron chi connectivity index (χ3n) is 4.44. The molecule has 158 valence electrons. The van der Waals surface area contributed by atoms with E-state index in [1.165, 1.54) is 11.8 Å². The van der Waals surface area contributed by atoms with Crippen molar-refractivity contribution >= 4 is 56.9 Å². The van der Waals surface area contributed by atoms with E-state index in [1.807, 2.05) is 53.1 Å². The van der Waals surface area contributed by atoms with Crippen molar-refractivity contribution in [2.24, 2.45) is 0 Å². The maximum Gasteiger partial charge on any atom is 0.234 e. The summed E-state index contributed by atoms with van der Waals surface area (Å²) in [5.74, 6) is 1.88. The Kier molecular flexibility index (Phi) is 6.62. The van der Waals surface area contributed by atoms with E-state index < -0.39 is 0 Å². The second-order valence-corrected chi connectivity index (χ2v) is 8.73. The lowest BCUT2D eigenvalue weighted by Gasteiger charge is -2.07. The summed E-state index contributed by atoms with van der Waals surface area (Å²) in [6.07, 6.45) is 1.76. The number of thioether (sulfide) groups is 1. The van der Waals surface area contributed by atoms with Gasteiger partial charge in [-0.1, -0.05) is 30.0 Å². The van der Waals surface area contributed by atoms with Crippen LogP contribution in [0.1, 0.15) is 0 Å². The first-order chi connectivity index (χ1) is 15.1. The van der Waals surface area contributed by atoms with Crippen molar-refractivity contribution in [1.82, 2.24) is 14.8 Å². The lowest BCUT2D eigenvalue weighted by Crippen LogP contribution is -2.14. The van der Waals surface area contributed by atoms with Crippen molar-refractivity contribution in [3.05, 3.63) is 64.8 Å². The molecule has 2 heterocycles. The van der Waals surface area contributed by atoms with Crippen LogP contribution in [0.2, 0.25) is 0 Å². The standard InChI is InChI=1S/C22H19IN4O3S/c1-3-11-27-21(18-12-14-5-4-6-17(29-2)20(14)30-18)25-26-22(27)31-13-19(28)24-16-9-7-15(23)8-10-16/h3-10,12H,1,11,13H2,2H3,(H,24,28). The molecule has 0 atom stereocenters. The molecule has 0 aliphatic rings. The highest BCUT2D eigenvalue weighted by Gasteiger charge is 2.19. The Morgan fingerprint density at radius 2 is 2.10 bits per heavy atom. The Hall–Kier alpha value is -2.79. The van der Waals surface area contributed by atoms with Gasteiger partial charge in [0, 0.05) is 21.2 Å². The van der Waals surface area contributed by atoms with Crippen LogP contribution in [0.5, 0.6) is 5.75 Å². The SMILES string of the molecule is C=CCn1c(SCC(=O)Nc2ccc(I)cc2)nnc1-c1cc2cccc(OC)c2o1. The van der Waals surface area contributed by atoms with Gasteiger partial charge in [-0.05, 0) is 59.0 Å². The number of anilines is 1. The van der Waals surface area contributed by atoms with Gasteiger partial charge >= 0.3 is 0 Å². The minimum Gasteiger partial charge on any atom is -0.493 e. The predicted octanol–water partition coefficient (Wildman–Crippen LogP) is 5.22. The Morgan fingerprint density at radius 3 is 2.84 bits per heavy atom. The van der Waals surface area contributed by atoms with Crippen molar-refractivity contribution in [3.8, 4) is 17.3 Å². The van der Waals surface area contributed by atoms with Gasteiger partial charge in [0.15, 0.2) is 22.2 Å². The first kappa shape index (κ1) is 21.4. The summed E-state index contributed by atoms with van der Waals surface area (Å²) >= 11 is 3.53. The topological polar surface area (TPSA) is 82.2 Å². The van der Waals surface area contributed by atoms with E-state index in [2.05, 4.69) is 44.7 Å². The van der Waals surface area contributed by atoms with E-state index in [9.17, 15) is 4.79 Å². The maximum absolute atomic E-state index is 12.4. The number of ether oxygens (including phenoxy) is 1. The van der Waals surface area contributed by atoms with Gasteiger partial charge in [-0.3, -0.25) is 9.36 Å². The van der Waals surface area contributed by atoms with E-state index >= 15 is 0 Å². The van der Waals surface area contributed by atoms with Crippen molar-refractivity contribution in [2.75, 3.05) is 18.2 Å². The number of amides is 1. The van der Waals surface area contributed by atoms with E-state index in [-0.39, 0.29) is 11.7 Å². The zero-order valence-corrected chi connectivity index (χ0v) is 19.6. The molecule has 0 radical (unpaired) electrons. The molecule has 0 unspecified atom stereocenters. The summed E-state index contributed by atoms with van der Waals surface area (Å²) in [6.45, 7) is 4.31. The number of allylic oxidation sites excluding steroid dienone is 1. The first-order valence-corrected chi connectivity index (χ1v) is 11.4. The number of para-hydroxylation sites is 1. The fourth-order valence-corrected chi connectivity index (χ4v) is 4.15. The lowest BCUT2D eigenvalue weighted by atomic mass is 10.2. The van der Waals surface area contributed by atoms with Gasteiger partial charge in [-0.25, -0.2) is 0 Å². The highest BCUT2D eigenvalue weighted by Crippen LogP contribution is 2.33. The second kappa shape index (κ2) is 9.56. The van der Waals surface area contributed by atoms with Gasteiger partial charge in [0.05, 0.1) is 12.9 Å². The third-order valence-corrected chi connectivity index (χ3v) is 6.12. The number of halogens is 1. The fourth-order valence-electron chi connectivity index (χ4n) is 3.04. The molecule has 0 bridgehead atoms. The number of aromatic nitrogens is 3. The smallest absolute Gasteiger partial charge is 0.234 e. The van der Waals surface area contributed by atoms with Gasteiger partial charge in [0.1, 0.15) is 0 Å².